The fourth-order valence-electron chi connectivity index (χ4n) is 2.75. The lowest BCUT2D eigenvalue weighted by Gasteiger charge is -2.18. The number of ether oxygens (including phenoxy) is 1. The van der Waals surface area contributed by atoms with Gasteiger partial charge in [0.15, 0.2) is 0 Å². The average molecular weight is 342 g/mol. The summed E-state index contributed by atoms with van der Waals surface area (Å²) in [5.41, 5.74) is 0.572. The molecule has 4 nitrogen and oxygen atoms in total. The number of amides is 1. The van der Waals surface area contributed by atoms with Gasteiger partial charge in [0, 0.05) is 17.6 Å². The van der Waals surface area contributed by atoms with Crippen LogP contribution in [0.5, 0.6) is 5.75 Å². The summed E-state index contributed by atoms with van der Waals surface area (Å²) in [6, 6.07) is 5.33. The van der Waals surface area contributed by atoms with Crippen LogP contribution in [0.1, 0.15) is 29.6 Å². The summed E-state index contributed by atoms with van der Waals surface area (Å²) in [4.78, 5) is 12.2. The molecule has 1 amide bonds. The third-order valence-electron chi connectivity index (χ3n) is 3.99. The zero-order valence-electron chi connectivity index (χ0n) is 11.6. The summed E-state index contributed by atoms with van der Waals surface area (Å²) in [5.74, 6) is 1.25. The van der Waals surface area contributed by atoms with Crippen molar-refractivity contribution in [3.63, 3.8) is 0 Å². The van der Waals surface area contributed by atoms with Gasteiger partial charge < -0.3 is 15.2 Å². The molecule has 1 aromatic rings. The lowest BCUT2D eigenvalue weighted by atomic mass is 9.97. The first kappa shape index (κ1) is 15.3. The van der Waals surface area contributed by atoms with E-state index in [2.05, 4.69) is 21.2 Å². The third kappa shape index (κ3) is 3.52. The van der Waals surface area contributed by atoms with E-state index >= 15 is 0 Å². The van der Waals surface area contributed by atoms with Crippen LogP contribution in [-0.4, -0.2) is 31.3 Å². The minimum atomic E-state index is -0.112. The van der Waals surface area contributed by atoms with Crippen LogP contribution in [0.4, 0.5) is 0 Å². The maximum Gasteiger partial charge on any atom is 0.252 e. The van der Waals surface area contributed by atoms with E-state index in [1.54, 1.807) is 25.3 Å². The lowest BCUT2D eigenvalue weighted by Crippen LogP contribution is -2.31. The monoisotopic (exact) mass is 341 g/mol. The molecule has 1 fully saturated rings. The molecule has 2 atom stereocenters. The molecule has 0 aliphatic heterocycles. The van der Waals surface area contributed by atoms with Crippen LogP contribution in [0.2, 0.25) is 0 Å². The summed E-state index contributed by atoms with van der Waals surface area (Å²) < 4.78 is 5.89. The minimum Gasteiger partial charge on any atom is -0.497 e. The second-order valence-electron chi connectivity index (χ2n) is 5.19. The number of methoxy groups -OCH3 is 1. The van der Waals surface area contributed by atoms with Crippen molar-refractivity contribution < 1.29 is 14.6 Å². The summed E-state index contributed by atoms with van der Waals surface area (Å²) in [5, 5.41) is 12.3. The number of carbonyl (C=O) groups is 1. The molecule has 0 spiro atoms. The molecule has 0 saturated heterocycles. The van der Waals surface area contributed by atoms with Crippen molar-refractivity contribution in [2.45, 2.75) is 19.3 Å². The standard InChI is InChI=1S/C15H20BrNO3/c1-20-12-5-6-14(16)13(7-12)15(19)17-8-10-3-2-4-11(10)9-18/h5-7,10-11,18H,2-4,8-9H2,1H3,(H,17,19). The maximum absolute atomic E-state index is 12.2. The Bertz CT molecular complexity index is 478. The van der Waals surface area contributed by atoms with Gasteiger partial charge in [0.05, 0.1) is 12.7 Å². The van der Waals surface area contributed by atoms with E-state index in [1.165, 1.54) is 0 Å². The van der Waals surface area contributed by atoms with Crippen molar-refractivity contribution >= 4 is 21.8 Å². The van der Waals surface area contributed by atoms with Gasteiger partial charge in [-0.05, 0) is 58.8 Å². The number of aliphatic hydroxyl groups is 1. The molecule has 1 aliphatic rings. The van der Waals surface area contributed by atoms with Crippen molar-refractivity contribution in [3.8, 4) is 5.75 Å². The molecule has 2 N–H and O–H groups in total. The molecular formula is C15H20BrNO3. The molecule has 1 saturated carbocycles. The highest BCUT2D eigenvalue weighted by Crippen LogP contribution is 2.31. The van der Waals surface area contributed by atoms with E-state index in [1.807, 2.05) is 0 Å². The molecule has 1 aliphatic carbocycles. The maximum atomic E-state index is 12.2. The SMILES string of the molecule is COc1ccc(Br)c(C(=O)NCC2CCCC2CO)c1. The van der Waals surface area contributed by atoms with Crippen LogP contribution in [0.15, 0.2) is 22.7 Å². The molecule has 110 valence electrons. The first-order valence-corrected chi connectivity index (χ1v) is 7.67. The smallest absolute Gasteiger partial charge is 0.252 e. The number of hydrogen-bond donors (Lipinski definition) is 2. The average Bonchev–Trinajstić information content (AvgIpc) is 2.92. The van der Waals surface area contributed by atoms with Gasteiger partial charge >= 0.3 is 0 Å². The van der Waals surface area contributed by atoms with Crippen LogP contribution in [0, 0.1) is 11.8 Å². The van der Waals surface area contributed by atoms with Crippen LogP contribution in [-0.2, 0) is 0 Å². The highest BCUT2D eigenvalue weighted by Gasteiger charge is 2.27. The van der Waals surface area contributed by atoms with Crippen molar-refractivity contribution in [2.75, 3.05) is 20.3 Å². The summed E-state index contributed by atoms with van der Waals surface area (Å²) >= 11 is 3.38. The number of nitrogens with one attached hydrogen (secondary N) is 1. The largest absolute Gasteiger partial charge is 0.497 e. The molecule has 20 heavy (non-hydrogen) atoms. The summed E-state index contributed by atoms with van der Waals surface area (Å²) in [7, 11) is 1.58. The van der Waals surface area contributed by atoms with E-state index in [9.17, 15) is 9.90 Å². The van der Waals surface area contributed by atoms with Crippen molar-refractivity contribution in [3.05, 3.63) is 28.2 Å². The van der Waals surface area contributed by atoms with Crippen LogP contribution in [0.3, 0.4) is 0 Å². The minimum absolute atomic E-state index is 0.112. The molecule has 1 aromatic carbocycles. The number of benzene rings is 1. The fourth-order valence-corrected chi connectivity index (χ4v) is 3.17. The second kappa shape index (κ2) is 7.09. The zero-order chi connectivity index (χ0) is 14.5. The lowest BCUT2D eigenvalue weighted by molar-refractivity contribution is 0.0936. The van der Waals surface area contributed by atoms with Gasteiger partial charge in [-0.2, -0.15) is 0 Å². The Morgan fingerprint density at radius 2 is 2.20 bits per heavy atom. The Morgan fingerprint density at radius 3 is 2.90 bits per heavy atom. The van der Waals surface area contributed by atoms with Crippen molar-refractivity contribution in [1.82, 2.24) is 5.32 Å². The number of rotatable bonds is 5. The summed E-state index contributed by atoms with van der Waals surface area (Å²) in [6.07, 6.45) is 3.26. The first-order chi connectivity index (χ1) is 9.65. The number of halogens is 1. The molecule has 0 heterocycles. The molecule has 0 radical (unpaired) electrons. The summed E-state index contributed by atoms with van der Waals surface area (Å²) in [6.45, 7) is 0.830. The number of hydrogen-bond acceptors (Lipinski definition) is 3. The van der Waals surface area contributed by atoms with Gasteiger partial charge in [-0.25, -0.2) is 0 Å². The Hall–Kier alpha value is -1.07. The highest BCUT2D eigenvalue weighted by molar-refractivity contribution is 9.10. The van der Waals surface area contributed by atoms with Crippen LogP contribution in [0.25, 0.3) is 0 Å². The Balaban J connectivity index is 1.98. The molecular weight excluding hydrogens is 322 g/mol. The fraction of sp³-hybridized carbons (Fsp3) is 0.533. The van der Waals surface area contributed by atoms with E-state index in [-0.39, 0.29) is 12.5 Å². The molecule has 0 aromatic heterocycles. The van der Waals surface area contributed by atoms with Crippen LogP contribution >= 0.6 is 15.9 Å². The van der Waals surface area contributed by atoms with Gasteiger partial charge in [-0.3, -0.25) is 4.79 Å². The van der Waals surface area contributed by atoms with Gasteiger partial charge in [0.1, 0.15) is 5.75 Å². The van der Waals surface area contributed by atoms with E-state index in [0.29, 0.717) is 29.7 Å². The zero-order valence-corrected chi connectivity index (χ0v) is 13.1. The second-order valence-corrected chi connectivity index (χ2v) is 6.04. The van der Waals surface area contributed by atoms with Crippen LogP contribution < -0.4 is 10.1 Å². The van der Waals surface area contributed by atoms with E-state index < -0.39 is 0 Å². The number of carbonyl (C=O) groups excluding carboxylic acids is 1. The third-order valence-corrected chi connectivity index (χ3v) is 4.69. The topological polar surface area (TPSA) is 58.6 Å². The van der Waals surface area contributed by atoms with Gasteiger partial charge in [0.25, 0.3) is 5.91 Å². The predicted molar refractivity (Wildman–Crippen MR) is 80.9 cm³/mol. The quantitative estimate of drug-likeness (QED) is 0.865. The first-order valence-electron chi connectivity index (χ1n) is 6.88. The van der Waals surface area contributed by atoms with E-state index in [0.717, 1.165) is 23.7 Å². The predicted octanol–water partition coefficient (Wildman–Crippen LogP) is 2.60. The van der Waals surface area contributed by atoms with Gasteiger partial charge in [-0.1, -0.05) is 6.42 Å². The molecule has 2 rings (SSSR count). The Labute approximate surface area is 127 Å². The number of aliphatic hydroxyl groups excluding tert-OH is 1. The van der Waals surface area contributed by atoms with Crippen molar-refractivity contribution in [2.24, 2.45) is 11.8 Å². The van der Waals surface area contributed by atoms with Crippen molar-refractivity contribution in [1.29, 1.82) is 0 Å². The molecule has 5 heteroatoms. The Morgan fingerprint density at radius 1 is 1.45 bits per heavy atom. The molecule has 0 bridgehead atoms. The van der Waals surface area contributed by atoms with E-state index in [4.69, 9.17) is 4.74 Å². The van der Waals surface area contributed by atoms with Gasteiger partial charge in [-0.15, -0.1) is 0 Å². The normalized spacial score (nSPS) is 21.8. The van der Waals surface area contributed by atoms with Gasteiger partial charge in [0.2, 0.25) is 0 Å². The Kier molecular flexibility index (Phi) is 5.43. The molecule has 2 unspecified atom stereocenters. The highest BCUT2D eigenvalue weighted by atomic mass is 79.9.